The molecule has 38 heavy (non-hydrogen) atoms. The molecule has 2 amide bonds. The van der Waals surface area contributed by atoms with E-state index in [0.29, 0.717) is 23.9 Å². The van der Waals surface area contributed by atoms with Gasteiger partial charge in [-0.2, -0.15) is 0 Å². The minimum absolute atomic E-state index is 0.0340. The van der Waals surface area contributed by atoms with Crippen molar-refractivity contribution in [3.8, 4) is 5.75 Å². The quantitative estimate of drug-likeness (QED) is 0.315. The lowest BCUT2D eigenvalue weighted by Crippen LogP contribution is -2.27. The Kier molecular flexibility index (Phi) is 8.84. The molecule has 0 spiro atoms. The fourth-order valence-electron chi connectivity index (χ4n) is 4.21. The van der Waals surface area contributed by atoms with E-state index in [9.17, 15) is 9.59 Å². The van der Waals surface area contributed by atoms with Crippen LogP contribution in [-0.4, -0.2) is 29.2 Å². The number of aryl methyl sites for hydroxylation is 1. The topological polar surface area (TPSA) is 89.6 Å². The van der Waals surface area contributed by atoms with Crippen molar-refractivity contribution >= 4 is 39.7 Å². The fraction of sp³-hybridized carbons (Fsp3) is 0.367. The smallest absolute Gasteiger partial charge is 0.413 e. The maximum absolute atomic E-state index is 13.1. The van der Waals surface area contributed by atoms with Crippen LogP contribution >= 0.6 is 11.3 Å². The van der Waals surface area contributed by atoms with E-state index in [1.54, 1.807) is 0 Å². The Bertz CT molecular complexity index is 1290. The Labute approximate surface area is 228 Å². The van der Waals surface area contributed by atoms with E-state index >= 15 is 0 Å². The second-order valence-electron chi connectivity index (χ2n) is 10.4. The van der Waals surface area contributed by atoms with Gasteiger partial charge >= 0.3 is 6.09 Å². The van der Waals surface area contributed by atoms with Gasteiger partial charge in [0.15, 0.2) is 5.13 Å². The number of rotatable bonds is 8. The summed E-state index contributed by atoms with van der Waals surface area (Å²) < 4.78 is 11.1. The molecule has 0 saturated carbocycles. The summed E-state index contributed by atoms with van der Waals surface area (Å²) in [4.78, 5) is 29.4. The molecule has 8 heteroatoms. The van der Waals surface area contributed by atoms with Gasteiger partial charge in [0.1, 0.15) is 11.4 Å². The molecule has 1 heterocycles. The third kappa shape index (κ3) is 7.92. The summed E-state index contributed by atoms with van der Waals surface area (Å²) in [5.74, 6) is 0.677. The van der Waals surface area contributed by atoms with E-state index < -0.39 is 11.7 Å². The van der Waals surface area contributed by atoms with Crippen molar-refractivity contribution in [3.05, 3.63) is 76.3 Å². The summed E-state index contributed by atoms with van der Waals surface area (Å²) in [6, 6.07) is 15.8. The Morgan fingerprint density at radius 3 is 2.39 bits per heavy atom. The van der Waals surface area contributed by atoms with Gasteiger partial charge in [-0.05, 0) is 88.8 Å². The van der Waals surface area contributed by atoms with Crippen molar-refractivity contribution in [1.29, 1.82) is 0 Å². The van der Waals surface area contributed by atoms with Gasteiger partial charge < -0.3 is 14.8 Å². The highest BCUT2D eigenvalue weighted by atomic mass is 32.1. The molecule has 1 aliphatic carbocycles. The molecule has 0 radical (unpaired) electrons. The van der Waals surface area contributed by atoms with Gasteiger partial charge in [0.05, 0.1) is 12.3 Å². The van der Waals surface area contributed by atoms with E-state index in [-0.39, 0.29) is 5.91 Å². The first-order valence-electron chi connectivity index (χ1n) is 12.9. The predicted molar refractivity (Wildman–Crippen MR) is 153 cm³/mol. The second-order valence-corrected chi connectivity index (χ2v) is 11.2. The Morgan fingerprint density at radius 1 is 0.974 bits per heavy atom. The van der Waals surface area contributed by atoms with Crippen LogP contribution in [0, 0.1) is 6.92 Å². The minimum Gasteiger partial charge on any atom is -0.493 e. The number of ether oxygens (including phenoxy) is 2. The molecule has 0 saturated heterocycles. The van der Waals surface area contributed by atoms with E-state index in [1.807, 2.05) is 50.4 Å². The van der Waals surface area contributed by atoms with Gasteiger partial charge in [-0.25, -0.2) is 9.78 Å². The van der Waals surface area contributed by atoms with Crippen LogP contribution in [0.1, 0.15) is 63.3 Å². The molecule has 0 aliphatic heterocycles. The highest BCUT2D eigenvalue weighted by Gasteiger charge is 2.21. The maximum Gasteiger partial charge on any atom is 0.413 e. The number of nitrogens with zero attached hydrogens (tertiary/aromatic N) is 1. The fourth-order valence-corrected chi connectivity index (χ4v) is 4.94. The molecular formula is C30H35N3O4S. The van der Waals surface area contributed by atoms with Gasteiger partial charge in [0.2, 0.25) is 0 Å². The largest absolute Gasteiger partial charge is 0.493 e. The van der Waals surface area contributed by atoms with Crippen molar-refractivity contribution in [2.45, 2.75) is 65.4 Å². The van der Waals surface area contributed by atoms with Crippen LogP contribution in [0.4, 0.5) is 15.6 Å². The molecule has 0 unspecified atom stereocenters. The predicted octanol–water partition coefficient (Wildman–Crippen LogP) is 7.39. The van der Waals surface area contributed by atoms with Gasteiger partial charge in [-0.1, -0.05) is 29.8 Å². The van der Waals surface area contributed by atoms with Gasteiger partial charge in [-0.15, -0.1) is 11.3 Å². The lowest BCUT2D eigenvalue weighted by Gasteiger charge is -2.20. The molecule has 0 fully saturated rings. The SMILES string of the molecule is Cc1ccc(C2=C(C(=O)Nc3ccc(OCCc4csc(NC(=O)OC(C)(C)C)n4)cc3)CCCC2)cc1. The number of thiazole rings is 1. The lowest BCUT2D eigenvalue weighted by molar-refractivity contribution is -0.113. The zero-order valence-corrected chi connectivity index (χ0v) is 23.2. The van der Waals surface area contributed by atoms with E-state index in [4.69, 9.17) is 9.47 Å². The molecule has 0 atom stereocenters. The first kappa shape index (κ1) is 27.4. The number of carbonyl (C=O) groups is 2. The number of hydrogen-bond donors (Lipinski definition) is 2. The van der Waals surface area contributed by atoms with Crippen LogP contribution in [0.5, 0.6) is 5.75 Å². The Morgan fingerprint density at radius 2 is 1.68 bits per heavy atom. The van der Waals surface area contributed by atoms with E-state index in [2.05, 4.69) is 46.8 Å². The zero-order valence-electron chi connectivity index (χ0n) is 22.4. The summed E-state index contributed by atoms with van der Waals surface area (Å²) in [6.45, 7) is 7.95. The lowest BCUT2D eigenvalue weighted by atomic mass is 9.86. The molecule has 200 valence electrons. The molecule has 2 aromatic carbocycles. The molecule has 1 aromatic heterocycles. The average Bonchev–Trinajstić information content (AvgIpc) is 3.31. The number of carbonyl (C=O) groups excluding carboxylic acids is 2. The number of allylic oxidation sites excluding steroid dienone is 1. The van der Waals surface area contributed by atoms with Crippen molar-refractivity contribution in [1.82, 2.24) is 4.98 Å². The van der Waals surface area contributed by atoms with Crippen LogP contribution in [0.15, 0.2) is 59.5 Å². The molecule has 4 rings (SSSR count). The minimum atomic E-state index is -0.562. The number of nitrogens with one attached hydrogen (secondary N) is 2. The van der Waals surface area contributed by atoms with Gasteiger partial charge in [0.25, 0.3) is 5.91 Å². The molecular weight excluding hydrogens is 498 g/mol. The van der Waals surface area contributed by atoms with Crippen LogP contribution in [-0.2, 0) is 16.0 Å². The van der Waals surface area contributed by atoms with Crippen LogP contribution in [0.25, 0.3) is 5.57 Å². The highest BCUT2D eigenvalue weighted by molar-refractivity contribution is 7.13. The Balaban J connectivity index is 1.28. The van der Waals surface area contributed by atoms with E-state index in [0.717, 1.165) is 53.8 Å². The number of hydrogen-bond acceptors (Lipinski definition) is 6. The maximum atomic E-state index is 13.1. The summed E-state index contributed by atoms with van der Waals surface area (Å²) in [5, 5.41) is 8.09. The third-order valence-corrected chi connectivity index (χ3v) is 6.85. The second kappa shape index (κ2) is 12.3. The average molecular weight is 534 g/mol. The molecule has 3 aromatic rings. The van der Waals surface area contributed by atoms with Crippen molar-refractivity contribution in [2.24, 2.45) is 0 Å². The van der Waals surface area contributed by atoms with Crippen LogP contribution in [0.2, 0.25) is 0 Å². The molecule has 1 aliphatic rings. The van der Waals surface area contributed by atoms with Gasteiger partial charge in [0, 0.05) is 23.1 Å². The number of amides is 2. The summed E-state index contributed by atoms with van der Waals surface area (Å²) in [5.41, 5.74) is 5.39. The normalized spacial score (nSPS) is 13.7. The first-order valence-corrected chi connectivity index (χ1v) is 13.8. The van der Waals surface area contributed by atoms with Crippen LogP contribution in [0.3, 0.4) is 0 Å². The van der Waals surface area contributed by atoms with Crippen molar-refractivity contribution in [3.63, 3.8) is 0 Å². The summed E-state index contributed by atoms with van der Waals surface area (Å²) in [7, 11) is 0. The number of benzene rings is 2. The number of aromatic nitrogens is 1. The van der Waals surface area contributed by atoms with E-state index in [1.165, 1.54) is 16.9 Å². The first-order chi connectivity index (χ1) is 18.2. The van der Waals surface area contributed by atoms with Crippen molar-refractivity contribution in [2.75, 3.05) is 17.2 Å². The third-order valence-electron chi connectivity index (χ3n) is 6.04. The summed E-state index contributed by atoms with van der Waals surface area (Å²) in [6.07, 6.45) is 3.93. The molecule has 7 nitrogen and oxygen atoms in total. The highest BCUT2D eigenvalue weighted by Crippen LogP contribution is 2.33. The number of anilines is 2. The van der Waals surface area contributed by atoms with Crippen LogP contribution < -0.4 is 15.4 Å². The zero-order chi connectivity index (χ0) is 27.1. The monoisotopic (exact) mass is 533 g/mol. The van der Waals surface area contributed by atoms with Crippen molar-refractivity contribution < 1.29 is 19.1 Å². The molecule has 2 N–H and O–H groups in total. The van der Waals surface area contributed by atoms with Gasteiger partial charge in [-0.3, -0.25) is 10.1 Å². The standard InChI is InChI=1S/C30H35N3O4S/c1-20-9-11-21(12-10-20)25-7-5-6-8-26(25)27(34)31-22-13-15-24(16-14-22)36-18-17-23-19-38-28(32-23)33-29(35)37-30(2,3)4/h9-16,19H,5-8,17-18H2,1-4H3,(H,31,34)(H,32,33,35). The molecule has 0 bridgehead atoms. The Hall–Kier alpha value is -3.65. The summed E-state index contributed by atoms with van der Waals surface area (Å²) >= 11 is 1.35.